The third-order valence-electron chi connectivity index (χ3n) is 3.43. The molecule has 2 atom stereocenters. The van der Waals surface area contributed by atoms with E-state index in [0.717, 1.165) is 31.9 Å². The first-order valence-corrected chi connectivity index (χ1v) is 6.71. The molecule has 0 aliphatic carbocycles. The highest BCUT2D eigenvalue weighted by Gasteiger charge is 2.24. The van der Waals surface area contributed by atoms with E-state index in [1.165, 1.54) is 0 Å². The molecule has 1 aromatic heterocycles. The van der Waals surface area contributed by atoms with Crippen molar-refractivity contribution in [2.75, 3.05) is 37.3 Å². The largest absolute Gasteiger partial charge is 0.367 e. The average molecular weight is 249 g/mol. The molecule has 0 spiro atoms. The number of hydrogen-bond donors (Lipinski definition) is 2. The minimum atomic E-state index is 0.505. The molecule has 0 radical (unpaired) electrons. The van der Waals surface area contributed by atoms with Gasteiger partial charge < -0.3 is 15.5 Å². The molecule has 2 rings (SSSR count). The molecule has 0 aromatic carbocycles. The van der Waals surface area contributed by atoms with Crippen molar-refractivity contribution in [1.29, 1.82) is 0 Å². The zero-order chi connectivity index (χ0) is 13.0. The van der Waals surface area contributed by atoms with Crippen molar-refractivity contribution in [3.05, 3.63) is 12.3 Å². The zero-order valence-corrected chi connectivity index (χ0v) is 11.5. The van der Waals surface area contributed by atoms with E-state index in [2.05, 4.69) is 39.5 Å². The number of nitrogens with one attached hydrogen (secondary N) is 2. The number of nitrogens with zero attached hydrogens (tertiary/aromatic N) is 3. The Morgan fingerprint density at radius 3 is 3.06 bits per heavy atom. The Hall–Kier alpha value is -1.36. The maximum atomic E-state index is 4.46. The molecule has 5 heteroatoms. The van der Waals surface area contributed by atoms with E-state index in [-0.39, 0.29) is 0 Å². The number of aromatic nitrogens is 2. The van der Waals surface area contributed by atoms with Gasteiger partial charge in [0.15, 0.2) is 0 Å². The molecular weight excluding hydrogens is 226 g/mol. The van der Waals surface area contributed by atoms with Crippen molar-refractivity contribution in [1.82, 2.24) is 14.9 Å². The lowest BCUT2D eigenvalue weighted by atomic mass is 9.94. The third-order valence-corrected chi connectivity index (χ3v) is 3.43. The third kappa shape index (κ3) is 3.32. The van der Waals surface area contributed by atoms with Crippen LogP contribution in [-0.2, 0) is 0 Å². The lowest BCUT2D eigenvalue weighted by Gasteiger charge is -2.35. The van der Waals surface area contributed by atoms with Crippen molar-refractivity contribution in [3.8, 4) is 0 Å². The number of hydrogen-bond acceptors (Lipinski definition) is 5. The minimum absolute atomic E-state index is 0.505. The van der Waals surface area contributed by atoms with Crippen LogP contribution in [0.2, 0.25) is 0 Å². The van der Waals surface area contributed by atoms with E-state index < -0.39 is 0 Å². The normalized spacial score (nSPS) is 24.8. The van der Waals surface area contributed by atoms with E-state index >= 15 is 0 Å². The number of likely N-dealkylation sites (tertiary alicyclic amines) is 1. The van der Waals surface area contributed by atoms with E-state index in [4.69, 9.17) is 0 Å². The summed E-state index contributed by atoms with van der Waals surface area (Å²) in [5, 5.41) is 6.67. The molecule has 5 nitrogen and oxygen atoms in total. The Bertz CT molecular complexity index is 381. The molecule has 100 valence electrons. The highest BCUT2D eigenvalue weighted by Crippen LogP contribution is 2.19. The van der Waals surface area contributed by atoms with Gasteiger partial charge in [0.05, 0.1) is 0 Å². The average Bonchev–Trinajstić information content (AvgIpc) is 2.34. The first-order valence-electron chi connectivity index (χ1n) is 6.71. The SMILES string of the molecule is CCNc1nccc(NC2CCN(C)CC2C)n1. The van der Waals surface area contributed by atoms with Crippen LogP contribution < -0.4 is 10.6 Å². The fraction of sp³-hybridized carbons (Fsp3) is 0.692. The van der Waals surface area contributed by atoms with E-state index in [1.54, 1.807) is 6.20 Å². The summed E-state index contributed by atoms with van der Waals surface area (Å²) in [6, 6.07) is 2.44. The van der Waals surface area contributed by atoms with Gasteiger partial charge in [0.1, 0.15) is 5.82 Å². The van der Waals surface area contributed by atoms with Crippen LogP contribution in [0, 0.1) is 5.92 Å². The van der Waals surface area contributed by atoms with Crippen molar-refractivity contribution in [2.45, 2.75) is 26.3 Å². The molecule has 0 amide bonds. The Morgan fingerprint density at radius 2 is 2.33 bits per heavy atom. The van der Waals surface area contributed by atoms with Crippen LogP contribution in [0.15, 0.2) is 12.3 Å². The summed E-state index contributed by atoms with van der Waals surface area (Å²) in [5.74, 6) is 2.26. The summed E-state index contributed by atoms with van der Waals surface area (Å²) in [5.41, 5.74) is 0. The van der Waals surface area contributed by atoms with E-state index in [9.17, 15) is 0 Å². The lowest BCUT2D eigenvalue weighted by molar-refractivity contribution is 0.206. The Morgan fingerprint density at radius 1 is 1.50 bits per heavy atom. The molecule has 1 saturated heterocycles. The second-order valence-electron chi connectivity index (χ2n) is 5.07. The summed E-state index contributed by atoms with van der Waals surface area (Å²) >= 11 is 0. The molecule has 1 aliphatic heterocycles. The lowest BCUT2D eigenvalue weighted by Crippen LogP contribution is -2.43. The van der Waals surface area contributed by atoms with Gasteiger partial charge in [-0.15, -0.1) is 0 Å². The quantitative estimate of drug-likeness (QED) is 0.850. The van der Waals surface area contributed by atoms with Crippen LogP contribution in [0.1, 0.15) is 20.3 Å². The zero-order valence-electron chi connectivity index (χ0n) is 11.5. The van der Waals surface area contributed by atoms with Gasteiger partial charge in [0.2, 0.25) is 5.95 Å². The van der Waals surface area contributed by atoms with Gasteiger partial charge >= 0.3 is 0 Å². The monoisotopic (exact) mass is 249 g/mol. The molecule has 2 heterocycles. The molecule has 2 N–H and O–H groups in total. The summed E-state index contributed by atoms with van der Waals surface area (Å²) < 4.78 is 0. The minimum Gasteiger partial charge on any atom is -0.367 e. The standard InChI is InChI=1S/C13H23N5/c1-4-14-13-15-7-5-12(17-13)16-11-6-8-18(3)9-10(11)2/h5,7,10-11H,4,6,8-9H2,1-3H3,(H2,14,15,16,17). The Balaban J connectivity index is 1.98. The molecule has 0 bridgehead atoms. The van der Waals surface area contributed by atoms with Crippen molar-refractivity contribution >= 4 is 11.8 Å². The molecule has 18 heavy (non-hydrogen) atoms. The maximum Gasteiger partial charge on any atom is 0.224 e. The summed E-state index contributed by atoms with van der Waals surface area (Å²) in [4.78, 5) is 11.0. The predicted molar refractivity (Wildman–Crippen MR) is 74.9 cm³/mol. The van der Waals surface area contributed by atoms with E-state index in [0.29, 0.717) is 17.9 Å². The molecule has 1 aliphatic rings. The summed E-state index contributed by atoms with van der Waals surface area (Å²) in [7, 11) is 2.18. The van der Waals surface area contributed by atoms with Crippen molar-refractivity contribution in [2.24, 2.45) is 5.92 Å². The highest BCUT2D eigenvalue weighted by atomic mass is 15.2. The van der Waals surface area contributed by atoms with Gasteiger partial charge in [-0.05, 0) is 38.9 Å². The van der Waals surface area contributed by atoms with Crippen LogP contribution in [-0.4, -0.2) is 47.6 Å². The second kappa shape index (κ2) is 6.00. The van der Waals surface area contributed by atoms with Gasteiger partial charge in [-0.25, -0.2) is 4.98 Å². The van der Waals surface area contributed by atoms with Crippen LogP contribution >= 0.6 is 0 Å². The van der Waals surface area contributed by atoms with Crippen molar-refractivity contribution in [3.63, 3.8) is 0 Å². The number of piperidine rings is 1. The van der Waals surface area contributed by atoms with E-state index in [1.807, 2.05) is 13.0 Å². The maximum absolute atomic E-state index is 4.46. The van der Waals surface area contributed by atoms with Gasteiger partial charge in [0.25, 0.3) is 0 Å². The van der Waals surface area contributed by atoms with Crippen molar-refractivity contribution < 1.29 is 0 Å². The van der Waals surface area contributed by atoms with Crippen LogP contribution in [0.3, 0.4) is 0 Å². The first kappa shape index (κ1) is 13.1. The van der Waals surface area contributed by atoms with Gasteiger partial charge in [-0.3, -0.25) is 0 Å². The Labute approximate surface area is 109 Å². The molecular formula is C13H23N5. The van der Waals surface area contributed by atoms with Gasteiger partial charge in [-0.1, -0.05) is 6.92 Å². The first-order chi connectivity index (χ1) is 8.69. The smallest absolute Gasteiger partial charge is 0.224 e. The molecule has 2 unspecified atom stereocenters. The Kier molecular flexibility index (Phi) is 4.36. The van der Waals surface area contributed by atoms with Crippen LogP contribution in [0.25, 0.3) is 0 Å². The fourth-order valence-electron chi connectivity index (χ4n) is 2.44. The van der Waals surface area contributed by atoms with Gasteiger partial charge in [-0.2, -0.15) is 4.98 Å². The molecule has 0 saturated carbocycles. The van der Waals surface area contributed by atoms with Crippen LogP contribution in [0.5, 0.6) is 0 Å². The predicted octanol–water partition coefficient (Wildman–Crippen LogP) is 1.66. The summed E-state index contributed by atoms with van der Waals surface area (Å²) in [6.07, 6.45) is 2.96. The molecule has 1 fully saturated rings. The highest BCUT2D eigenvalue weighted by molar-refractivity contribution is 5.40. The van der Waals surface area contributed by atoms with Crippen LogP contribution in [0.4, 0.5) is 11.8 Å². The fourth-order valence-corrected chi connectivity index (χ4v) is 2.44. The number of rotatable bonds is 4. The second-order valence-corrected chi connectivity index (χ2v) is 5.07. The summed E-state index contributed by atoms with van der Waals surface area (Å²) in [6.45, 7) is 7.46. The topological polar surface area (TPSA) is 53.1 Å². The molecule has 1 aromatic rings. The van der Waals surface area contributed by atoms with Gasteiger partial charge in [0, 0.05) is 25.3 Å². The number of anilines is 2.